The fraction of sp³-hybridized carbons (Fsp3) is 0.154. The number of amides is 1. The molecule has 1 N–H and O–H groups in total. The van der Waals surface area contributed by atoms with Crippen molar-refractivity contribution in [1.29, 1.82) is 0 Å². The van der Waals surface area contributed by atoms with Crippen LogP contribution in [0.4, 0.5) is 5.69 Å². The Labute approximate surface area is 128 Å². The standard InChI is InChI=1S/C13H12BrIN2O/c1-2-17-8-9(14)7-12(17)13(18)16-11-6-4-3-5-10(11)15/h3-8H,2H2,1H3,(H,16,18). The summed E-state index contributed by atoms with van der Waals surface area (Å²) in [6.45, 7) is 2.77. The molecule has 2 aromatic rings. The quantitative estimate of drug-likeness (QED) is 0.747. The van der Waals surface area contributed by atoms with E-state index in [1.165, 1.54) is 0 Å². The topological polar surface area (TPSA) is 34.0 Å². The van der Waals surface area contributed by atoms with E-state index in [-0.39, 0.29) is 5.91 Å². The largest absolute Gasteiger partial charge is 0.343 e. The Kier molecular flexibility index (Phi) is 4.45. The average molecular weight is 419 g/mol. The number of halogens is 2. The molecule has 1 amide bonds. The molecule has 0 aliphatic rings. The summed E-state index contributed by atoms with van der Waals surface area (Å²) in [6.07, 6.45) is 1.91. The molecular formula is C13H12BrIN2O. The minimum absolute atomic E-state index is 0.0910. The van der Waals surface area contributed by atoms with Crippen molar-refractivity contribution in [3.63, 3.8) is 0 Å². The molecule has 0 fully saturated rings. The molecule has 0 saturated heterocycles. The summed E-state index contributed by atoms with van der Waals surface area (Å²) in [6, 6.07) is 9.54. The van der Waals surface area contributed by atoms with Crippen molar-refractivity contribution < 1.29 is 4.79 Å². The van der Waals surface area contributed by atoms with Crippen molar-refractivity contribution in [2.24, 2.45) is 0 Å². The van der Waals surface area contributed by atoms with Gasteiger partial charge in [-0.3, -0.25) is 4.79 Å². The summed E-state index contributed by atoms with van der Waals surface area (Å²) < 4.78 is 3.85. The number of anilines is 1. The van der Waals surface area contributed by atoms with Gasteiger partial charge in [0.25, 0.3) is 5.91 Å². The molecule has 0 unspecified atom stereocenters. The maximum atomic E-state index is 12.2. The lowest BCUT2D eigenvalue weighted by atomic mass is 10.3. The number of nitrogens with one attached hydrogen (secondary N) is 1. The van der Waals surface area contributed by atoms with Crippen molar-refractivity contribution in [3.05, 3.63) is 50.3 Å². The summed E-state index contributed by atoms with van der Waals surface area (Å²) in [5.41, 5.74) is 1.49. The molecule has 18 heavy (non-hydrogen) atoms. The zero-order chi connectivity index (χ0) is 13.1. The van der Waals surface area contributed by atoms with Gasteiger partial charge in [-0.1, -0.05) is 12.1 Å². The Morgan fingerprint density at radius 1 is 1.44 bits per heavy atom. The van der Waals surface area contributed by atoms with Gasteiger partial charge >= 0.3 is 0 Å². The number of aryl methyl sites for hydroxylation is 1. The number of para-hydroxylation sites is 1. The van der Waals surface area contributed by atoms with Crippen LogP contribution in [-0.2, 0) is 6.54 Å². The van der Waals surface area contributed by atoms with Crippen LogP contribution in [-0.4, -0.2) is 10.5 Å². The van der Waals surface area contributed by atoms with Crippen LogP contribution < -0.4 is 5.32 Å². The number of carbonyl (C=O) groups is 1. The van der Waals surface area contributed by atoms with Crippen LogP contribution in [0.3, 0.4) is 0 Å². The van der Waals surface area contributed by atoms with E-state index in [2.05, 4.69) is 43.8 Å². The minimum Gasteiger partial charge on any atom is -0.343 e. The maximum absolute atomic E-state index is 12.2. The van der Waals surface area contributed by atoms with Crippen LogP contribution in [0.1, 0.15) is 17.4 Å². The Balaban J connectivity index is 2.25. The molecular weight excluding hydrogens is 407 g/mol. The van der Waals surface area contributed by atoms with E-state index >= 15 is 0 Å². The predicted molar refractivity (Wildman–Crippen MR) is 84.9 cm³/mol. The molecule has 0 atom stereocenters. The molecule has 3 nitrogen and oxygen atoms in total. The average Bonchev–Trinajstić information content (AvgIpc) is 2.73. The molecule has 0 aliphatic carbocycles. The van der Waals surface area contributed by atoms with Gasteiger partial charge < -0.3 is 9.88 Å². The van der Waals surface area contributed by atoms with Crippen LogP contribution in [0.25, 0.3) is 0 Å². The van der Waals surface area contributed by atoms with E-state index in [0.717, 1.165) is 20.3 Å². The number of carbonyl (C=O) groups excluding carboxylic acids is 1. The van der Waals surface area contributed by atoms with Crippen molar-refractivity contribution in [3.8, 4) is 0 Å². The van der Waals surface area contributed by atoms with Gasteiger partial charge in [-0.05, 0) is 63.6 Å². The molecule has 1 aromatic carbocycles. The fourth-order valence-corrected chi connectivity index (χ4v) is 2.66. The first kappa shape index (κ1) is 13.6. The van der Waals surface area contributed by atoms with Crippen LogP contribution in [0.5, 0.6) is 0 Å². The van der Waals surface area contributed by atoms with Gasteiger partial charge in [0.2, 0.25) is 0 Å². The lowest BCUT2D eigenvalue weighted by Crippen LogP contribution is -2.16. The van der Waals surface area contributed by atoms with Crippen LogP contribution >= 0.6 is 38.5 Å². The van der Waals surface area contributed by atoms with Crippen molar-refractivity contribution in [2.75, 3.05) is 5.32 Å². The monoisotopic (exact) mass is 418 g/mol. The highest BCUT2D eigenvalue weighted by Gasteiger charge is 2.13. The third kappa shape index (κ3) is 2.95. The first-order valence-corrected chi connectivity index (χ1v) is 7.40. The third-order valence-electron chi connectivity index (χ3n) is 2.56. The van der Waals surface area contributed by atoms with Gasteiger partial charge in [-0.2, -0.15) is 0 Å². The smallest absolute Gasteiger partial charge is 0.272 e. The number of rotatable bonds is 3. The first-order valence-electron chi connectivity index (χ1n) is 5.53. The lowest BCUT2D eigenvalue weighted by molar-refractivity contribution is 0.101. The van der Waals surface area contributed by atoms with Gasteiger partial charge in [0.15, 0.2) is 0 Å². The van der Waals surface area contributed by atoms with Gasteiger partial charge in [0.05, 0.1) is 5.69 Å². The molecule has 0 spiro atoms. The van der Waals surface area contributed by atoms with Crippen molar-refractivity contribution in [1.82, 2.24) is 4.57 Å². The summed E-state index contributed by atoms with van der Waals surface area (Å²) in [5, 5.41) is 2.93. The summed E-state index contributed by atoms with van der Waals surface area (Å²) in [4.78, 5) is 12.2. The van der Waals surface area contributed by atoms with E-state index in [4.69, 9.17) is 0 Å². The van der Waals surface area contributed by atoms with Gasteiger partial charge in [0, 0.05) is 20.8 Å². The second kappa shape index (κ2) is 5.88. The Morgan fingerprint density at radius 2 is 2.17 bits per heavy atom. The van der Waals surface area contributed by atoms with Crippen LogP contribution in [0, 0.1) is 3.57 Å². The maximum Gasteiger partial charge on any atom is 0.272 e. The highest BCUT2D eigenvalue weighted by Crippen LogP contribution is 2.20. The Morgan fingerprint density at radius 3 is 2.83 bits per heavy atom. The molecule has 1 heterocycles. The highest BCUT2D eigenvalue weighted by molar-refractivity contribution is 14.1. The predicted octanol–water partition coefficient (Wildman–Crippen LogP) is 4.13. The second-order valence-electron chi connectivity index (χ2n) is 3.76. The van der Waals surface area contributed by atoms with Gasteiger partial charge in [-0.25, -0.2) is 0 Å². The second-order valence-corrected chi connectivity index (χ2v) is 5.84. The molecule has 0 saturated carbocycles. The molecule has 2 rings (SSSR count). The number of hydrogen-bond donors (Lipinski definition) is 1. The highest BCUT2D eigenvalue weighted by atomic mass is 127. The minimum atomic E-state index is -0.0910. The summed E-state index contributed by atoms with van der Waals surface area (Å²) in [5.74, 6) is -0.0910. The van der Waals surface area contributed by atoms with E-state index in [1.54, 1.807) is 0 Å². The van der Waals surface area contributed by atoms with Crippen LogP contribution in [0.2, 0.25) is 0 Å². The lowest BCUT2D eigenvalue weighted by Gasteiger charge is -2.08. The SMILES string of the molecule is CCn1cc(Br)cc1C(=O)Nc1ccccc1I. The number of nitrogens with zero attached hydrogens (tertiary/aromatic N) is 1. The summed E-state index contributed by atoms with van der Waals surface area (Å²) >= 11 is 5.60. The zero-order valence-corrected chi connectivity index (χ0v) is 13.5. The normalized spacial score (nSPS) is 10.4. The van der Waals surface area contributed by atoms with Crippen LogP contribution in [0.15, 0.2) is 41.0 Å². The Hall–Kier alpha value is -0.820. The van der Waals surface area contributed by atoms with E-state index in [1.807, 2.05) is 48.0 Å². The first-order chi connectivity index (χ1) is 8.61. The van der Waals surface area contributed by atoms with E-state index in [9.17, 15) is 4.79 Å². The Bertz CT molecular complexity index is 580. The number of benzene rings is 1. The molecule has 94 valence electrons. The van der Waals surface area contributed by atoms with E-state index in [0.29, 0.717) is 5.69 Å². The van der Waals surface area contributed by atoms with Crippen molar-refractivity contribution >= 4 is 50.1 Å². The summed E-state index contributed by atoms with van der Waals surface area (Å²) in [7, 11) is 0. The third-order valence-corrected chi connectivity index (χ3v) is 3.93. The van der Waals surface area contributed by atoms with Crippen molar-refractivity contribution in [2.45, 2.75) is 13.5 Å². The molecule has 0 bridgehead atoms. The molecule has 1 aromatic heterocycles. The molecule has 0 radical (unpaired) electrons. The molecule has 0 aliphatic heterocycles. The van der Waals surface area contributed by atoms with E-state index < -0.39 is 0 Å². The van der Waals surface area contributed by atoms with Gasteiger partial charge in [0.1, 0.15) is 5.69 Å². The number of aromatic nitrogens is 1. The zero-order valence-electron chi connectivity index (χ0n) is 9.78. The molecule has 5 heteroatoms. The van der Waals surface area contributed by atoms with Gasteiger partial charge in [-0.15, -0.1) is 0 Å². The number of hydrogen-bond acceptors (Lipinski definition) is 1. The fourth-order valence-electron chi connectivity index (χ4n) is 1.68.